The molecule has 0 aromatic rings. The summed E-state index contributed by atoms with van der Waals surface area (Å²) in [5.41, 5.74) is -1.07. The fraction of sp³-hybridized carbons (Fsp3) is 0.917. The van der Waals surface area contributed by atoms with Crippen molar-refractivity contribution in [3.05, 3.63) is 0 Å². The van der Waals surface area contributed by atoms with Crippen LogP contribution in [0.1, 0.15) is 41.0 Å². The molecule has 1 unspecified atom stereocenters. The molecule has 1 atom stereocenters. The number of hydrogen-bond acceptors (Lipinski definition) is 5. The van der Waals surface area contributed by atoms with Crippen molar-refractivity contribution in [1.29, 1.82) is 0 Å². The van der Waals surface area contributed by atoms with Gasteiger partial charge in [0.25, 0.3) is 10.1 Å². The third-order valence-electron chi connectivity index (χ3n) is 2.77. The Morgan fingerprint density at radius 1 is 1.32 bits per heavy atom. The van der Waals surface area contributed by atoms with Crippen molar-refractivity contribution in [3.63, 3.8) is 0 Å². The fourth-order valence-corrected chi connectivity index (χ4v) is 2.76. The normalized spacial score (nSPS) is 23.5. The topological polar surface area (TPSA) is 72.9 Å². The van der Waals surface area contributed by atoms with Gasteiger partial charge < -0.3 is 9.64 Å². The Morgan fingerprint density at radius 2 is 1.84 bits per heavy atom. The van der Waals surface area contributed by atoms with Gasteiger partial charge in [-0.05, 0) is 41.0 Å². The van der Waals surface area contributed by atoms with Gasteiger partial charge in [-0.1, -0.05) is 0 Å². The molecule has 0 spiro atoms. The number of hydrogen-bond donors (Lipinski definition) is 0. The van der Waals surface area contributed by atoms with Crippen LogP contribution in [0.25, 0.3) is 0 Å². The zero-order valence-corrected chi connectivity index (χ0v) is 13.2. The van der Waals surface area contributed by atoms with Crippen LogP contribution in [-0.4, -0.2) is 49.5 Å². The van der Waals surface area contributed by atoms with Gasteiger partial charge in [0.1, 0.15) is 5.60 Å². The predicted molar refractivity (Wildman–Crippen MR) is 71.4 cm³/mol. The first-order chi connectivity index (χ1) is 8.30. The van der Waals surface area contributed by atoms with Gasteiger partial charge in [-0.3, -0.25) is 4.18 Å². The van der Waals surface area contributed by atoms with Crippen LogP contribution in [0.3, 0.4) is 0 Å². The number of ether oxygens (including phenoxy) is 1. The first-order valence-corrected chi connectivity index (χ1v) is 8.01. The molecular formula is C12H23NO5S. The average molecular weight is 293 g/mol. The van der Waals surface area contributed by atoms with Crippen LogP contribution in [0.5, 0.6) is 0 Å². The molecule has 6 nitrogen and oxygen atoms in total. The van der Waals surface area contributed by atoms with Gasteiger partial charge in [-0.15, -0.1) is 0 Å². The smallest absolute Gasteiger partial charge is 0.410 e. The summed E-state index contributed by atoms with van der Waals surface area (Å²) in [6.45, 7) is 9.31. The molecule has 1 rings (SSSR count). The molecule has 0 bridgehead atoms. The van der Waals surface area contributed by atoms with Crippen molar-refractivity contribution in [1.82, 2.24) is 4.90 Å². The summed E-state index contributed by atoms with van der Waals surface area (Å²) in [4.78, 5) is 13.6. The summed E-state index contributed by atoms with van der Waals surface area (Å²) in [6.07, 6.45) is 0.504. The molecule has 7 heteroatoms. The molecule has 1 aliphatic heterocycles. The van der Waals surface area contributed by atoms with Crippen molar-refractivity contribution < 1.29 is 22.1 Å². The highest BCUT2D eigenvalue weighted by molar-refractivity contribution is 7.86. The SMILES string of the molecule is CC(C)(C)OC(=O)N1CC(OS(C)(=O)=O)CC1(C)C. The van der Waals surface area contributed by atoms with Gasteiger partial charge in [0.05, 0.1) is 18.9 Å². The molecular weight excluding hydrogens is 270 g/mol. The van der Waals surface area contributed by atoms with E-state index in [0.717, 1.165) is 6.26 Å². The summed E-state index contributed by atoms with van der Waals surface area (Å²) in [5.74, 6) is 0. The monoisotopic (exact) mass is 293 g/mol. The van der Waals surface area contributed by atoms with Crippen LogP contribution in [0.4, 0.5) is 4.79 Å². The molecule has 19 heavy (non-hydrogen) atoms. The van der Waals surface area contributed by atoms with E-state index in [4.69, 9.17) is 8.92 Å². The van der Waals surface area contributed by atoms with Gasteiger partial charge in [-0.2, -0.15) is 8.42 Å². The largest absolute Gasteiger partial charge is 0.444 e. The lowest BCUT2D eigenvalue weighted by atomic mass is 10.0. The average Bonchev–Trinajstić information content (AvgIpc) is 2.33. The summed E-state index contributed by atoms with van der Waals surface area (Å²) in [7, 11) is -3.52. The Balaban J connectivity index is 2.77. The van der Waals surface area contributed by atoms with E-state index in [2.05, 4.69) is 0 Å². The third-order valence-corrected chi connectivity index (χ3v) is 3.39. The molecule has 1 heterocycles. The van der Waals surface area contributed by atoms with Crippen molar-refractivity contribution in [3.8, 4) is 0 Å². The summed E-state index contributed by atoms with van der Waals surface area (Å²) in [6, 6.07) is 0. The van der Waals surface area contributed by atoms with E-state index in [-0.39, 0.29) is 6.54 Å². The van der Waals surface area contributed by atoms with Crippen molar-refractivity contribution >= 4 is 16.2 Å². The zero-order valence-electron chi connectivity index (χ0n) is 12.4. The van der Waals surface area contributed by atoms with Crippen LogP contribution in [0.15, 0.2) is 0 Å². The molecule has 1 aliphatic rings. The number of likely N-dealkylation sites (tertiary alicyclic amines) is 1. The summed E-state index contributed by atoms with van der Waals surface area (Å²) >= 11 is 0. The van der Waals surface area contributed by atoms with E-state index < -0.39 is 33.5 Å². The highest BCUT2D eigenvalue weighted by Crippen LogP contribution is 2.32. The molecule has 1 amide bonds. The Bertz CT molecular complexity index is 449. The minimum atomic E-state index is -3.52. The second kappa shape index (κ2) is 4.94. The van der Waals surface area contributed by atoms with E-state index >= 15 is 0 Å². The van der Waals surface area contributed by atoms with E-state index in [9.17, 15) is 13.2 Å². The van der Waals surface area contributed by atoms with Crippen molar-refractivity contribution in [2.45, 2.75) is 58.3 Å². The second-order valence-electron chi connectivity index (χ2n) is 6.53. The highest BCUT2D eigenvalue weighted by Gasteiger charge is 2.44. The Labute approximate surface area is 115 Å². The number of amides is 1. The molecule has 112 valence electrons. The van der Waals surface area contributed by atoms with Crippen LogP contribution < -0.4 is 0 Å². The lowest BCUT2D eigenvalue weighted by Crippen LogP contribution is -2.45. The van der Waals surface area contributed by atoms with E-state index in [1.165, 1.54) is 4.90 Å². The quantitative estimate of drug-likeness (QED) is 0.725. The number of rotatable bonds is 2. The van der Waals surface area contributed by atoms with Crippen LogP contribution in [-0.2, 0) is 19.0 Å². The van der Waals surface area contributed by atoms with Gasteiger partial charge in [0.2, 0.25) is 0 Å². The number of carbonyl (C=O) groups excluding carboxylic acids is 1. The predicted octanol–water partition coefficient (Wildman–Crippen LogP) is 1.75. The Morgan fingerprint density at radius 3 is 2.26 bits per heavy atom. The molecule has 0 aliphatic carbocycles. The van der Waals surface area contributed by atoms with Crippen LogP contribution in [0.2, 0.25) is 0 Å². The lowest BCUT2D eigenvalue weighted by Gasteiger charge is -2.33. The van der Waals surface area contributed by atoms with Crippen molar-refractivity contribution in [2.75, 3.05) is 12.8 Å². The maximum atomic E-state index is 12.1. The standard InChI is InChI=1S/C12H23NO5S/c1-11(2,3)17-10(14)13-8-9(7-12(13,4)5)18-19(6,15)16/h9H,7-8H2,1-6H3. The molecule has 0 N–H and O–H groups in total. The van der Waals surface area contributed by atoms with Gasteiger partial charge in [0.15, 0.2) is 0 Å². The summed E-state index contributed by atoms with van der Waals surface area (Å²) in [5, 5.41) is 0. The van der Waals surface area contributed by atoms with Crippen LogP contribution >= 0.6 is 0 Å². The molecule has 0 saturated carbocycles. The van der Waals surface area contributed by atoms with Crippen molar-refractivity contribution in [2.24, 2.45) is 0 Å². The fourth-order valence-electron chi connectivity index (χ4n) is 2.13. The maximum absolute atomic E-state index is 12.1. The van der Waals surface area contributed by atoms with Gasteiger partial charge in [0, 0.05) is 5.54 Å². The van der Waals surface area contributed by atoms with Gasteiger partial charge in [-0.25, -0.2) is 4.79 Å². The van der Waals surface area contributed by atoms with E-state index in [0.29, 0.717) is 6.42 Å². The minimum Gasteiger partial charge on any atom is -0.444 e. The summed E-state index contributed by atoms with van der Waals surface area (Å²) < 4.78 is 32.6. The van der Waals surface area contributed by atoms with E-state index in [1.807, 2.05) is 13.8 Å². The molecule has 1 fully saturated rings. The van der Waals surface area contributed by atoms with Gasteiger partial charge >= 0.3 is 6.09 Å². The number of nitrogens with zero attached hydrogens (tertiary/aromatic N) is 1. The number of carbonyl (C=O) groups is 1. The molecule has 0 radical (unpaired) electrons. The molecule has 0 aromatic carbocycles. The minimum absolute atomic E-state index is 0.217. The zero-order chi connectivity index (χ0) is 15.1. The maximum Gasteiger partial charge on any atom is 0.410 e. The van der Waals surface area contributed by atoms with Crippen LogP contribution in [0, 0.1) is 0 Å². The molecule has 1 saturated heterocycles. The Hall–Kier alpha value is -0.820. The first kappa shape index (κ1) is 16.2. The third kappa shape index (κ3) is 4.99. The molecule has 0 aromatic heterocycles. The Kier molecular flexibility index (Phi) is 4.22. The second-order valence-corrected chi connectivity index (χ2v) is 8.13. The first-order valence-electron chi connectivity index (χ1n) is 6.19. The lowest BCUT2D eigenvalue weighted by molar-refractivity contribution is 0.0126. The highest BCUT2D eigenvalue weighted by atomic mass is 32.2. The van der Waals surface area contributed by atoms with E-state index in [1.54, 1.807) is 20.8 Å².